The van der Waals surface area contributed by atoms with Gasteiger partial charge in [0.05, 0.1) is 17.0 Å². The zero-order valence-electron chi connectivity index (χ0n) is 10.9. The van der Waals surface area contributed by atoms with Crippen LogP contribution in [0.5, 0.6) is 0 Å². The van der Waals surface area contributed by atoms with Gasteiger partial charge in [-0.15, -0.1) is 0 Å². The number of rotatable bonds is 4. The van der Waals surface area contributed by atoms with Crippen LogP contribution in [0.4, 0.5) is 13.2 Å². The molecule has 1 amide bonds. The first-order valence-electron chi connectivity index (χ1n) is 6.15. The minimum absolute atomic E-state index is 0.392. The average Bonchev–Trinajstić information content (AvgIpc) is 2.34. The van der Waals surface area contributed by atoms with Crippen molar-refractivity contribution >= 4 is 15.9 Å². The topological polar surface area (TPSA) is 66.5 Å². The van der Waals surface area contributed by atoms with Crippen molar-refractivity contribution in [2.75, 3.05) is 19.6 Å². The SMILES string of the molecule is O=C(CNS(=O)(=O)c1cccc(C(F)(F)F)c1)N1CCC1. The minimum Gasteiger partial charge on any atom is -0.341 e. The Balaban J connectivity index is 2.10. The van der Waals surface area contributed by atoms with Crippen LogP contribution in [0.25, 0.3) is 0 Å². The highest BCUT2D eigenvalue weighted by atomic mass is 32.2. The van der Waals surface area contributed by atoms with Gasteiger partial charge in [-0.3, -0.25) is 4.79 Å². The number of alkyl halides is 3. The number of likely N-dealkylation sites (tertiary alicyclic amines) is 1. The van der Waals surface area contributed by atoms with Gasteiger partial charge in [0.15, 0.2) is 0 Å². The normalized spacial score (nSPS) is 15.7. The summed E-state index contributed by atoms with van der Waals surface area (Å²) in [7, 11) is -4.15. The van der Waals surface area contributed by atoms with Gasteiger partial charge in [0, 0.05) is 13.1 Å². The average molecular weight is 322 g/mol. The van der Waals surface area contributed by atoms with Crippen molar-refractivity contribution < 1.29 is 26.4 Å². The molecule has 1 aromatic rings. The van der Waals surface area contributed by atoms with Crippen LogP contribution in [0, 0.1) is 0 Å². The number of carbonyl (C=O) groups is 1. The zero-order valence-corrected chi connectivity index (χ0v) is 11.7. The van der Waals surface area contributed by atoms with Crippen LogP contribution in [0.15, 0.2) is 29.2 Å². The lowest BCUT2D eigenvalue weighted by molar-refractivity contribution is -0.137. The molecule has 1 N–H and O–H groups in total. The van der Waals surface area contributed by atoms with Gasteiger partial charge in [0.2, 0.25) is 15.9 Å². The van der Waals surface area contributed by atoms with E-state index in [9.17, 15) is 26.4 Å². The summed E-state index contributed by atoms with van der Waals surface area (Å²) in [4.78, 5) is 12.5. The number of benzene rings is 1. The maximum Gasteiger partial charge on any atom is 0.416 e. The van der Waals surface area contributed by atoms with Crippen LogP contribution < -0.4 is 4.72 Å². The van der Waals surface area contributed by atoms with Gasteiger partial charge in [-0.2, -0.15) is 13.2 Å². The highest BCUT2D eigenvalue weighted by Gasteiger charge is 2.31. The summed E-state index contributed by atoms with van der Waals surface area (Å²) >= 11 is 0. The molecule has 9 heteroatoms. The van der Waals surface area contributed by atoms with Crippen molar-refractivity contribution in [3.8, 4) is 0 Å². The standard InChI is InChI=1S/C12H13F3N2O3S/c13-12(14,15)9-3-1-4-10(7-9)21(19,20)16-8-11(18)17-5-2-6-17/h1,3-4,7,16H,2,5-6,8H2. The van der Waals surface area contributed by atoms with Gasteiger partial charge < -0.3 is 4.90 Å². The summed E-state index contributed by atoms with van der Waals surface area (Å²) in [5.74, 6) is -0.392. The van der Waals surface area contributed by atoms with E-state index in [2.05, 4.69) is 0 Å². The molecule has 0 saturated carbocycles. The van der Waals surface area contributed by atoms with Gasteiger partial charge in [0.1, 0.15) is 0 Å². The lowest BCUT2D eigenvalue weighted by Gasteiger charge is -2.30. The highest BCUT2D eigenvalue weighted by molar-refractivity contribution is 7.89. The summed E-state index contributed by atoms with van der Waals surface area (Å²) in [6, 6.07) is 3.38. The molecule has 1 heterocycles. The molecule has 21 heavy (non-hydrogen) atoms. The van der Waals surface area contributed by atoms with Crippen molar-refractivity contribution in [3.05, 3.63) is 29.8 Å². The van der Waals surface area contributed by atoms with Crippen molar-refractivity contribution in [1.29, 1.82) is 0 Å². The lowest BCUT2D eigenvalue weighted by atomic mass is 10.2. The van der Waals surface area contributed by atoms with E-state index in [1.165, 1.54) is 4.90 Å². The molecule has 5 nitrogen and oxygen atoms in total. The van der Waals surface area contributed by atoms with Crippen molar-refractivity contribution in [1.82, 2.24) is 9.62 Å². The molecule has 1 fully saturated rings. The van der Waals surface area contributed by atoms with Crippen LogP contribution in [0.2, 0.25) is 0 Å². The third kappa shape index (κ3) is 3.73. The molecule has 0 atom stereocenters. The van der Waals surface area contributed by atoms with E-state index in [0.29, 0.717) is 19.2 Å². The van der Waals surface area contributed by atoms with Crippen molar-refractivity contribution in [2.24, 2.45) is 0 Å². The number of nitrogens with one attached hydrogen (secondary N) is 1. The van der Waals surface area contributed by atoms with Crippen LogP contribution in [-0.4, -0.2) is 38.9 Å². The van der Waals surface area contributed by atoms with Gasteiger partial charge in [-0.1, -0.05) is 6.07 Å². The molecule has 1 saturated heterocycles. The minimum atomic E-state index is -4.63. The Morgan fingerprint density at radius 2 is 1.95 bits per heavy atom. The van der Waals surface area contributed by atoms with Gasteiger partial charge in [-0.25, -0.2) is 13.1 Å². The first-order valence-corrected chi connectivity index (χ1v) is 7.63. The molecule has 0 unspecified atom stereocenters. The van der Waals surface area contributed by atoms with E-state index in [1.807, 2.05) is 4.72 Å². The zero-order chi connectivity index (χ0) is 15.7. The molecule has 0 bridgehead atoms. The van der Waals surface area contributed by atoms with E-state index in [1.54, 1.807) is 0 Å². The fourth-order valence-corrected chi connectivity index (χ4v) is 2.78. The van der Waals surface area contributed by atoms with E-state index < -0.39 is 39.1 Å². The Morgan fingerprint density at radius 1 is 1.29 bits per heavy atom. The quantitative estimate of drug-likeness (QED) is 0.906. The van der Waals surface area contributed by atoms with Gasteiger partial charge >= 0.3 is 6.18 Å². The molecule has 0 radical (unpaired) electrons. The predicted molar refractivity (Wildman–Crippen MR) is 67.8 cm³/mol. The molecular weight excluding hydrogens is 309 g/mol. The molecule has 1 aromatic carbocycles. The number of halogens is 3. The monoisotopic (exact) mass is 322 g/mol. The van der Waals surface area contributed by atoms with Crippen LogP contribution in [-0.2, 0) is 21.0 Å². The summed E-state index contributed by atoms with van der Waals surface area (Å²) in [6.45, 7) is 0.687. The van der Waals surface area contributed by atoms with Crippen LogP contribution in [0.1, 0.15) is 12.0 Å². The summed E-state index contributed by atoms with van der Waals surface area (Å²) in [6.07, 6.45) is -3.76. The number of amides is 1. The Labute approximate surface area is 119 Å². The molecule has 0 spiro atoms. The second kappa shape index (κ2) is 5.64. The summed E-state index contributed by atoms with van der Waals surface area (Å²) in [5.41, 5.74) is -1.06. The van der Waals surface area contributed by atoms with E-state index in [4.69, 9.17) is 0 Å². The maximum absolute atomic E-state index is 12.6. The molecule has 0 aromatic heterocycles. The van der Waals surface area contributed by atoms with E-state index in [0.717, 1.165) is 24.6 Å². The Morgan fingerprint density at radius 3 is 2.48 bits per heavy atom. The molecule has 1 aliphatic heterocycles. The second-order valence-electron chi connectivity index (χ2n) is 4.58. The third-order valence-corrected chi connectivity index (χ3v) is 4.49. The van der Waals surface area contributed by atoms with Gasteiger partial charge in [0.25, 0.3) is 0 Å². The molecule has 2 rings (SSSR count). The smallest absolute Gasteiger partial charge is 0.341 e. The van der Waals surface area contributed by atoms with E-state index in [-0.39, 0.29) is 0 Å². The fraction of sp³-hybridized carbons (Fsp3) is 0.417. The Bertz CT molecular complexity index is 639. The Hall–Kier alpha value is -1.61. The number of hydrogen-bond acceptors (Lipinski definition) is 3. The maximum atomic E-state index is 12.6. The van der Waals surface area contributed by atoms with Crippen LogP contribution >= 0.6 is 0 Å². The summed E-state index contributed by atoms with van der Waals surface area (Å²) < 4.78 is 63.5. The molecular formula is C12H13F3N2O3S. The second-order valence-corrected chi connectivity index (χ2v) is 6.35. The first-order chi connectivity index (χ1) is 9.70. The Kier molecular flexibility index (Phi) is 4.24. The molecule has 1 aliphatic rings. The van der Waals surface area contributed by atoms with Crippen LogP contribution in [0.3, 0.4) is 0 Å². The van der Waals surface area contributed by atoms with E-state index >= 15 is 0 Å². The summed E-state index contributed by atoms with van der Waals surface area (Å²) in [5, 5.41) is 0. The lowest BCUT2D eigenvalue weighted by Crippen LogP contribution is -2.47. The number of hydrogen-bond donors (Lipinski definition) is 1. The third-order valence-electron chi connectivity index (χ3n) is 3.09. The van der Waals surface area contributed by atoms with Crippen molar-refractivity contribution in [3.63, 3.8) is 0 Å². The van der Waals surface area contributed by atoms with Crippen molar-refractivity contribution in [2.45, 2.75) is 17.5 Å². The number of sulfonamides is 1. The highest BCUT2D eigenvalue weighted by Crippen LogP contribution is 2.30. The molecule has 0 aliphatic carbocycles. The molecule has 116 valence electrons. The predicted octanol–water partition coefficient (Wildman–Crippen LogP) is 1.22. The first kappa shape index (κ1) is 15.8. The van der Waals surface area contributed by atoms with Gasteiger partial charge in [-0.05, 0) is 24.6 Å². The fourth-order valence-electron chi connectivity index (χ4n) is 1.76. The number of carbonyl (C=O) groups excluding carboxylic acids is 1. The number of nitrogens with zero attached hydrogens (tertiary/aromatic N) is 1. The largest absolute Gasteiger partial charge is 0.416 e.